The molecule has 5 nitrogen and oxygen atoms in total. The third-order valence-corrected chi connectivity index (χ3v) is 4.30. The molecule has 1 aromatic carbocycles. The molecule has 1 aliphatic carbocycles. The summed E-state index contributed by atoms with van der Waals surface area (Å²) in [6, 6.07) is 5.46. The lowest BCUT2D eigenvalue weighted by molar-refractivity contribution is -0.120. The lowest BCUT2D eigenvalue weighted by Crippen LogP contribution is -2.35. The molecule has 0 bridgehead atoms. The Hall–Kier alpha value is -1.59. The molecule has 102 valence electrons. The van der Waals surface area contributed by atoms with Crippen LogP contribution in [0.2, 0.25) is 0 Å². The van der Waals surface area contributed by atoms with Gasteiger partial charge in [-0.15, -0.1) is 0 Å². The number of carbonyl (C=O) groups excluding carboxylic acids is 1. The molecule has 1 atom stereocenters. The molecule has 0 radical (unpaired) electrons. The Morgan fingerprint density at radius 2 is 2.26 bits per heavy atom. The normalized spacial score (nSPS) is 21.6. The number of nitrogens with two attached hydrogens (primary N) is 1. The highest BCUT2D eigenvalue weighted by Gasteiger charge is 2.48. The highest BCUT2D eigenvalue weighted by Crippen LogP contribution is 2.53. The smallest absolute Gasteiger partial charge is 0.264 e. The van der Waals surface area contributed by atoms with Crippen LogP contribution in [0.25, 0.3) is 0 Å². The number of amides is 1. The lowest BCUT2D eigenvalue weighted by Gasteiger charge is -2.28. The zero-order chi connectivity index (χ0) is 13.6. The monoisotopic (exact) mass is 262 g/mol. The van der Waals surface area contributed by atoms with Gasteiger partial charge in [-0.2, -0.15) is 0 Å². The summed E-state index contributed by atoms with van der Waals surface area (Å²) >= 11 is 0. The first kappa shape index (κ1) is 12.4. The maximum atomic E-state index is 11.6. The van der Waals surface area contributed by atoms with Crippen molar-refractivity contribution in [3.63, 3.8) is 0 Å². The van der Waals surface area contributed by atoms with E-state index in [9.17, 15) is 9.90 Å². The van der Waals surface area contributed by atoms with Crippen LogP contribution in [0.1, 0.15) is 24.4 Å². The largest absolute Gasteiger partial charge is 0.482 e. The first-order valence-corrected chi connectivity index (χ1v) is 6.47. The van der Waals surface area contributed by atoms with Crippen molar-refractivity contribution >= 4 is 11.6 Å². The lowest BCUT2D eigenvalue weighted by atomic mass is 9.91. The van der Waals surface area contributed by atoms with Gasteiger partial charge >= 0.3 is 0 Å². The van der Waals surface area contributed by atoms with E-state index in [1.807, 2.05) is 18.2 Å². The van der Waals surface area contributed by atoms with E-state index in [-0.39, 0.29) is 30.6 Å². The quantitative estimate of drug-likeness (QED) is 0.845. The predicted octanol–water partition coefficient (Wildman–Crippen LogP) is 0.814. The SMILES string of the molecule is CN1C(=O)COc2ccc(C(N)C3(CO)CC3)cc21. The summed E-state index contributed by atoms with van der Waals surface area (Å²) < 4.78 is 5.39. The maximum absolute atomic E-state index is 11.6. The number of anilines is 1. The summed E-state index contributed by atoms with van der Waals surface area (Å²) in [5, 5.41) is 9.45. The third kappa shape index (κ3) is 1.89. The zero-order valence-electron chi connectivity index (χ0n) is 10.9. The Kier molecular flexibility index (Phi) is 2.76. The van der Waals surface area contributed by atoms with E-state index >= 15 is 0 Å². The minimum atomic E-state index is -0.201. The van der Waals surface area contributed by atoms with E-state index in [0.29, 0.717) is 5.75 Å². The van der Waals surface area contributed by atoms with Crippen LogP contribution in [0.5, 0.6) is 5.75 Å². The van der Waals surface area contributed by atoms with Crippen LogP contribution in [0, 0.1) is 5.41 Å². The Bertz CT molecular complexity index is 525. The minimum Gasteiger partial charge on any atom is -0.482 e. The maximum Gasteiger partial charge on any atom is 0.264 e. The summed E-state index contributed by atoms with van der Waals surface area (Å²) in [6.07, 6.45) is 1.90. The summed E-state index contributed by atoms with van der Waals surface area (Å²) in [7, 11) is 1.73. The number of nitrogens with zero attached hydrogens (tertiary/aromatic N) is 1. The Labute approximate surface area is 112 Å². The summed E-state index contributed by atoms with van der Waals surface area (Å²) in [4.78, 5) is 13.2. The van der Waals surface area contributed by atoms with Gasteiger partial charge in [-0.05, 0) is 30.5 Å². The van der Waals surface area contributed by atoms with E-state index in [0.717, 1.165) is 24.1 Å². The standard InChI is InChI=1S/C14H18N2O3/c1-16-10-6-9(13(15)14(8-17)4-5-14)2-3-11(10)19-7-12(16)18/h2-3,6,13,17H,4-5,7-8,15H2,1H3. The Morgan fingerprint density at radius 3 is 2.89 bits per heavy atom. The van der Waals surface area contributed by atoms with Crippen molar-refractivity contribution in [1.29, 1.82) is 0 Å². The molecule has 1 fully saturated rings. The van der Waals surface area contributed by atoms with Crippen LogP contribution in [0.4, 0.5) is 5.69 Å². The number of ether oxygens (including phenoxy) is 1. The molecule has 1 aliphatic heterocycles. The highest BCUT2D eigenvalue weighted by atomic mass is 16.5. The molecule has 1 aromatic rings. The molecule has 5 heteroatoms. The second kappa shape index (κ2) is 4.21. The highest BCUT2D eigenvalue weighted by molar-refractivity contribution is 5.97. The molecule has 1 heterocycles. The molecule has 3 rings (SSSR count). The average molecular weight is 262 g/mol. The number of hydrogen-bond acceptors (Lipinski definition) is 4. The number of likely N-dealkylation sites (N-methyl/N-ethyl adjacent to an activating group) is 1. The molecular weight excluding hydrogens is 244 g/mol. The van der Waals surface area contributed by atoms with E-state index in [1.165, 1.54) is 0 Å². The van der Waals surface area contributed by atoms with Gasteiger partial charge < -0.3 is 20.5 Å². The molecule has 1 unspecified atom stereocenters. The van der Waals surface area contributed by atoms with E-state index in [1.54, 1.807) is 11.9 Å². The van der Waals surface area contributed by atoms with Crippen molar-refractivity contribution in [1.82, 2.24) is 0 Å². The zero-order valence-corrected chi connectivity index (χ0v) is 10.9. The van der Waals surface area contributed by atoms with Crippen molar-refractivity contribution in [3.05, 3.63) is 23.8 Å². The van der Waals surface area contributed by atoms with E-state index in [4.69, 9.17) is 10.5 Å². The van der Waals surface area contributed by atoms with Gasteiger partial charge in [-0.1, -0.05) is 6.07 Å². The van der Waals surface area contributed by atoms with Crippen molar-refractivity contribution in [3.8, 4) is 5.75 Å². The fourth-order valence-corrected chi connectivity index (χ4v) is 2.56. The Morgan fingerprint density at radius 1 is 1.53 bits per heavy atom. The number of rotatable bonds is 3. The number of carbonyl (C=O) groups is 1. The summed E-state index contributed by atoms with van der Waals surface area (Å²) in [5.41, 5.74) is 7.77. The number of hydrogen-bond donors (Lipinski definition) is 2. The third-order valence-electron chi connectivity index (χ3n) is 4.30. The first-order chi connectivity index (χ1) is 9.07. The summed E-state index contributed by atoms with van der Waals surface area (Å²) in [6.45, 7) is 0.187. The fourth-order valence-electron chi connectivity index (χ4n) is 2.56. The second-order valence-electron chi connectivity index (χ2n) is 5.47. The fraction of sp³-hybridized carbons (Fsp3) is 0.500. The van der Waals surface area contributed by atoms with Gasteiger partial charge in [0.15, 0.2) is 6.61 Å². The average Bonchev–Trinajstić information content (AvgIpc) is 3.23. The van der Waals surface area contributed by atoms with Crippen LogP contribution < -0.4 is 15.4 Å². The van der Waals surface area contributed by atoms with Crippen LogP contribution in [0.15, 0.2) is 18.2 Å². The second-order valence-corrected chi connectivity index (χ2v) is 5.47. The van der Waals surface area contributed by atoms with E-state index < -0.39 is 0 Å². The van der Waals surface area contributed by atoms with Gasteiger partial charge in [-0.3, -0.25) is 4.79 Å². The topological polar surface area (TPSA) is 75.8 Å². The molecule has 0 saturated heterocycles. The summed E-state index contributed by atoms with van der Waals surface area (Å²) in [5.74, 6) is 0.633. The van der Waals surface area contributed by atoms with Crippen molar-refractivity contribution in [2.45, 2.75) is 18.9 Å². The van der Waals surface area contributed by atoms with E-state index in [2.05, 4.69) is 0 Å². The van der Waals surface area contributed by atoms with Crippen LogP contribution in [-0.2, 0) is 4.79 Å². The predicted molar refractivity (Wildman–Crippen MR) is 71.0 cm³/mol. The minimum absolute atomic E-state index is 0.0680. The van der Waals surface area contributed by atoms with Gasteiger partial charge in [0.25, 0.3) is 5.91 Å². The number of aliphatic hydroxyl groups is 1. The van der Waals surface area contributed by atoms with Crippen LogP contribution in [0.3, 0.4) is 0 Å². The Balaban J connectivity index is 1.95. The van der Waals surface area contributed by atoms with Crippen molar-refractivity contribution in [2.24, 2.45) is 11.1 Å². The van der Waals surface area contributed by atoms with Crippen LogP contribution in [-0.4, -0.2) is 31.3 Å². The van der Waals surface area contributed by atoms with Gasteiger partial charge in [0, 0.05) is 18.5 Å². The number of fused-ring (bicyclic) bond motifs is 1. The van der Waals surface area contributed by atoms with Crippen LogP contribution >= 0.6 is 0 Å². The molecule has 1 amide bonds. The van der Waals surface area contributed by atoms with Crippen molar-refractivity contribution < 1.29 is 14.6 Å². The molecule has 0 spiro atoms. The molecule has 0 aromatic heterocycles. The van der Waals surface area contributed by atoms with Gasteiger partial charge in [0.05, 0.1) is 12.3 Å². The molecule has 2 aliphatic rings. The number of benzene rings is 1. The molecule has 1 saturated carbocycles. The van der Waals surface area contributed by atoms with Gasteiger partial charge in [0.1, 0.15) is 5.75 Å². The molecule has 19 heavy (non-hydrogen) atoms. The number of aliphatic hydroxyl groups excluding tert-OH is 1. The molecule has 3 N–H and O–H groups in total. The van der Waals surface area contributed by atoms with Crippen molar-refractivity contribution in [2.75, 3.05) is 25.2 Å². The molecular formula is C14H18N2O3. The van der Waals surface area contributed by atoms with Gasteiger partial charge in [-0.25, -0.2) is 0 Å². The van der Waals surface area contributed by atoms with Gasteiger partial charge in [0.2, 0.25) is 0 Å². The first-order valence-electron chi connectivity index (χ1n) is 6.47.